The monoisotopic (exact) mass is 304 g/mol. The first-order valence-corrected chi connectivity index (χ1v) is 8.78. The van der Waals surface area contributed by atoms with Gasteiger partial charge in [0, 0.05) is 23.7 Å². The Morgan fingerprint density at radius 3 is 2.86 bits per heavy atom. The van der Waals surface area contributed by atoms with Crippen LogP contribution in [0.5, 0.6) is 0 Å². The van der Waals surface area contributed by atoms with E-state index >= 15 is 0 Å². The zero-order valence-electron chi connectivity index (χ0n) is 12.1. The van der Waals surface area contributed by atoms with Crippen LogP contribution in [0.1, 0.15) is 26.2 Å². The predicted molar refractivity (Wildman–Crippen MR) is 85.6 cm³/mol. The quantitative estimate of drug-likeness (QED) is 0.887. The van der Waals surface area contributed by atoms with E-state index in [0.717, 1.165) is 30.0 Å². The van der Waals surface area contributed by atoms with Crippen LogP contribution in [0.4, 0.5) is 5.69 Å². The van der Waals surface area contributed by atoms with Crippen molar-refractivity contribution in [3.8, 4) is 0 Å². The Kier molecular flexibility index (Phi) is 3.63. The van der Waals surface area contributed by atoms with Gasteiger partial charge in [-0.15, -0.1) is 0 Å². The van der Waals surface area contributed by atoms with Gasteiger partial charge in [-0.2, -0.15) is 4.31 Å². The standard InChI is InChI=1S/C16H20N2O2S/c1-2-14-6-4-10-18(14)21(19,20)16-7-3-5-12-11-13(17)8-9-15(12)16/h3,5,7-9,11,14H,2,4,6,10,17H2,1H3. The van der Waals surface area contributed by atoms with Gasteiger partial charge in [0.25, 0.3) is 0 Å². The van der Waals surface area contributed by atoms with Gasteiger partial charge >= 0.3 is 0 Å². The average molecular weight is 304 g/mol. The third kappa shape index (κ3) is 2.40. The molecule has 0 radical (unpaired) electrons. The number of anilines is 1. The number of nitrogens with zero attached hydrogens (tertiary/aromatic N) is 1. The summed E-state index contributed by atoms with van der Waals surface area (Å²) in [5.74, 6) is 0. The summed E-state index contributed by atoms with van der Waals surface area (Å²) in [5, 5.41) is 1.61. The molecular weight excluding hydrogens is 284 g/mol. The summed E-state index contributed by atoms with van der Waals surface area (Å²) < 4.78 is 27.7. The highest BCUT2D eigenvalue weighted by Crippen LogP contribution is 2.32. The number of nitrogens with two attached hydrogens (primary N) is 1. The Bertz CT molecular complexity index is 771. The van der Waals surface area contributed by atoms with Gasteiger partial charge in [-0.25, -0.2) is 8.42 Å². The zero-order chi connectivity index (χ0) is 15.0. The SMILES string of the molecule is CCC1CCCN1S(=O)(=O)c1cccc2cc(N)ccc12. The van der Waals surface area contributed by atoms with Crippen LogP contribution >= 0.6 is 0 Å². The Balaban J connectivity index is 2.15. The smallest absolute Gasteiger partial charge is 0.243 e. The van der Waals surface area contributed by atoms with Crippen molar-refractivity contribution in [1.29, 1.82) is 0 Å². The largest absolute Gasteiger partial charge is 0.399 e. The second-order valence-electron chi connectivity index (χ2n) is 5.56. The van der Waals surface area contributed by atoms with Crippen LogP contribution in [0.25, 0.3) is 10.8 Å². The van der Waals surface area contributed by atoms with E-state index < -0.39 is 10.0 Å². The summed E-state index contributed by atoms with van der Waals surface area (Å²) in [6.07, 6.45) is 2.75. The number of nitrogen functional groups attached to an aromatic ring is 1. The molecule has 0 bridgehead atoms. The summed E-state index contributed by atoms with van der Waals surface area (Å²) >= 11 is 0. The number of hydrogen-bond acceptors (Lipinski definition) is 3. The Morgan fingerprint density at radius 1 is 1.29 bits per heavy atom. The maximum absolute atomic E-state index is 13.0. The molecule has 1 aliphatic rings. The zero-order valence-corrected chi connectivity index (χ0v) is 12.9. The van der Waals surface area contributed by atoms with Crippen molar-refractivity contribution in [3.05, 3.63) is 36.4 Å². The van der Waals surface area contributed by atoms with Gasteiger partial charge in [-0.05, 0) is 42.8 Å². The lowest BCUT2D eigenvalue weighted by Crippen LogP contribution is -2.35. The van der Waals surface area contributed by atoms with Gasteiger partial charge in [0.05, 0.1) is 4.90 Å². The van der Waals surface area contributed by atoms with Crippen LogP contribution < -0.4 is 5.73 Å². The minimum Gasteiger partial charge on any atom is -0.399 e. The van der Waals surface area contributed by atoms with Crippen LogP contribution in [-0.2, 0) is 10.0 Å². The lowest BCUT2D eigenvalue weighted by Gasteiger charge is -2.23. The fraction of sp³-hybridized carbons (Fsp3) is 0.375. The molecule has 0 amide bonds. The number of sulfonamides is 1. The molecule has 0 aromatic heterocycles. The highest BCUT2D eigenvalue weighted by molar-refractivity contribution is 7.89. The summed E-state index contributed by atoms with van der Waals surface area (Å²) in [7, 11) is -3.45. The Hall–Kier alpha value is -1.59. The summed E-state index contributed by atoms with van der Waals surface area (Å²) in [6.45, 7) is 2.66. The molecule has 1 aliphatic heterocycles. The highest BCUT2D eigenvalue weighted by Gasteiger charge is 2.34. The second kappa shape index (κ2) is 5.31. The molecule has 21 heavy (non-hydrogen) atoms. The lowest BCUT2D eigenvalue weighted by atomic mass is 10.1. The van der Waals surface area contributed by atoms with E-state index in [1.807, 2.05) is 19.1 Å². The molecule has 1 heterocycles. The van der Waals surface area contributed by atoms with E-state index in [4.69, 9.17) is 5.73 Å². The first-order valence-electron chi connectivity index (χ1n) is 7.34. The molecule has 0 spiro atoms. The normalized spacial score (nSPS) is 20.1. The molecule has 3 rings (SSSR count). The maximum atomic E-state index is 13.0. The Labute approximate surface area is 125 Å². The van der Waals surface area contributed by atoms with E-state index in [1.54, 1.807) is 28.6 Å². The molecule has 112 valence electrons. The first kappa shape index (κ1) is 14.4. The van der Waals surface area contributed by atoms with Crippen molar-refractivity contribution in [1.82, 2.24) is 4.31 Å². The van der Waals surface area contributed by atoms with Gasteiger partial charge in [0.15, 0.2) is 0 Å². The van der Waals surface area contributed by atoms with Crippen LogP contribution in [0.15, 0.2) is 41.3 Å². The molecule has 5 heteroatoms. The van der Waals surface area contributed by atoms with Crippen molar-refractivity contribution >= 4 is 26.5 Å². The summed E-state index contributed by atoms with van der Waals surface area (Å²) in [5.41, 5.74) is 6.43. The molecule has 2 aromatic carbocycles. The molecule has 0 saturated carbocycles. The summed E-state index contributed by atoms with van der Waals surface area (Å²) in [6, 6.07) is 10.9. The van der Waals surface area contributed by atoms with Crippen LogP contribution in [-0.4, -0.2) is 25.3 Å². The van der Waals surface area contributed by atoms with Crippen molar-refractivity contribution in [2.75, 3.05) is 12.3 Å². The predicted octanol–water partition coefficient (Wildman–Crippen LogP) is 2.99. The van der Waals surface area contributed by atoms with Crippen molar-refractivity contribution in [2.24, 2.45) is 0 Å². The number of hydrogen-bond donors (Lipinski definition) is 1. The molecule has 2 aromatic rings. The van der Waals surface area contributed by atoms with Crippen LogP contribution in [0.3, 0.4) is 0 Å². The van der Waals surface area contributed by atoms with Gasteiger partial charge < -0.3 is 5.73 Å². The van der Waals surface area contributed by atoms with E-state index in [0.29, 0.717) is 17.1 Å². The van der Waals surface area contributed by atoms with E-state index in [1.165, 1.54) is 0 Å². The molecule has 1 fully saturated rings. The minimum absolute atomic E-state index is 0.124. The Morgan fingerprint density at radius 2 is 2.10 bits per heavy atom. The van der Waals surface area contributed by atoms with Crippen molar-refractivity contribution < 1.29 is 8.42 Å². The molecule has 1 atom stereocenters. The molecular formula is C16H20N2O2S. The van der Waals surface area contributed by atoms with Crippen molar-refractivity contribution in [3.63, 3.8) is 0 Å². The van der Waals surface area contributed by atoms with Crippen LogP contribution in [0, 0.1) is 0 Å². The molecule has 0 aliphatic carbocycles. The maximum Gasteiger partial charge on any atom is 0.243 e. The molecule has 4 nitrogen and oxygen atoms in total. The number of rotatable bonds is 3. The fourth-order valence-corrected chi connectivity index (χ4v) is 5.14. The van der Waals surface area contributed by atoms with Gasteiger partial charge in [0.2, 0.25) is 10.0 Å². The summed E-state index contributed by atoms with van der Waals surface area (Å²) in [4.78, 5) is 0.389. The third-order valence-electron chi connectivity index (χ3n) is 4.25. The third-order valence-corrected chi connectivity index (χ3v) is 6.26. The minimum atomic E-state index is -3.45. The topological polar surface area (TPSA) is 63.4 Å². The molecule has 1 unspecified atom stereocenters. The van der Waals surface area contributed by atoms with Gasteiger partial charge in [-0.1, -0.05) is 25.1 Å². The highest BCUT2D eigenvalue weighted by atomic mass is 32.2. The van der Waals surface area contributed by atoms with Gasteiger partial charge in [-0.3, -0.25) is 0 Å². The lowest BCUT2D eigenvalue weighted by molar-refractivity contribution is 0.380. The van der Waals surface area contributed by atoms with Gasteiger partial charge in [0.1, 0.15) is 0 Å². The van der Waals surface area contributed by atoms with Crippen LogP contribution in [0.2, 0.25) is 0 Å². The second-order valence-corrected chi connectivity index (χ2v) is 7.42. The van der Waals surface area contributed by atoms with Crippen molar-refractivity contribution in [2.45, 2.75) is 37.1 Å². The average Bonchev–Trinajstić information content (AvgIpc) is 2.95. The van der Waals surface area contributed by atoms with E-state index in [2.05, 4.69) is 0 Å². The molecule has 2 N–H and O–H groups in total. The van der Waals surface area contributed by atoms with E-state index in [-0.39, 0.29) is 6.04 Å². The van der Waals surface area contributed by atoms with E-state index in [9.17, 15) is 8.42 Å². The fourth-order valence-electron chi connectivity index (χ4n) is 3.16. The number of fused-ring (bicyclic) bond motifs is 1. The first-order chi connectivity index (χ1) is 10.0. The number of benzene rings is 2. The molecule has 1 saturated heterocycles.